The van der Waals surface area contributed by atoms with Gasteiger partial charge < -0.3 is 4.74 Å². The van der Waals surface area contributed by atoms with Crippen LogP contribution in [-0.2, 0) is 11.2 Å². The lowest BCUT2D eigenvalue weighted by Gasteiger charge is -2.07. The minimum absolute atomic E-state index is 0.355. The van der Waals surface area contributed by atoms with Crippen molar-refractivity contribution in [2.24, 2.45) is 0 Å². The largest absolute Gasteiger partial charge is 0.423 e. The first kappa shape index (κ1) is 20.5. The number of carbonyl (C=O) groups excluding carboxylic acids is 1. The van der Waals surface area contributed by atoms with E-state index in [1.807, 2.05) is 18.2 Å². The molecule has 1 aromatic carbocycles. The Labute approximate surface area is 148 Å². The first-order valence-electron chi connectivity index (χ1n) is 9.60. The maximum Gasteiger partial charge on any atom is 0.338 e. The number of carbonyl (C=O) groups is 1. The number of esters is 1. The number of hydrogen-bond donors (Lipinski definition) is 0. The molecule has 1 aromatic rings. The maximum atomic E-state index is 11.5. The summed E-state index contributed by atoms with van der Waals surface area (Å²) in [4.78, 5) is 11.5. The van der Waals surface area contributed by atoms with Gasteiger partial charge in [0.05, 0.1) is 0 Å². The lowest BCUT2D eigenvalue weighted by molar-refractivity contribution is -0.130. The third kappa shape index (κ3) is 9.54. The zero-order valence-electron chi connectivity index (χ0n) is 15.6. The lowest BCUT2D eigenvalue weighted by atomic mass is 10.0. The van der Waals surface area contributed by atoms with Crippen LogP contribution in [0.3, 0.4) is 0 Å². The van der Waals surface area contributed by atoms with Gasteiger partial charge in [0, 0.05) is 5.57 Å². The summed E-state index contributed by atoms with van der Waals surface area (Å²) in [5, 5.41) is 0. The van der Waals surface area contributed by atoms with Crippen LogP contribution >= 0.6 is 0 Å². The molecule has 0 amide bonds. The molecular weight excluding hydrogens is 296 g/mol. The van der Waals surface area contributed by atoms with E-state index < -0.39 is 0 Å². The molecule has 1 rings (SSSR count). The van der Waals surface area contributed by atoms with Crippen LogP contribution in [0, 0.1) is 0 Å². The summed E-state index contributed by atoms with van der Waals surface area (Å²) >= 11 is 0. The molecule has 0 bridgehead atoms. The minimum Gasteiger partial charge on any atom is -0.423 e. The minimum atomic E-state index is -0.355. The van der Waals surface area contributed by atoms with Crippen molar-refractivity contribution in [2.45, 2.75) is 84.5 Å². The van der Waals surface area contributed by atoms with Crippen molar-refractivity contribution in [1.82, 2.24) is 0 Å². The van der Waals surface area contributed by atoms with Crippen LogP contribution in [0.15, 0.2) is 36.4 Å². The van der Waals surface area contributed by atoms with Gasteiger partial charge in [0.25, 0.3) is 0 Å². The molecule has 134 valence electrons. The Balaban J connectivity index is 2.12. The number of ether oxygens (including phenoxy) is 1. The Morgan fingerprint density at radius 2 is 1.54 bits per heavy atom. The molecule has 24 heavy (non-hydrogen) atoms. The van der Waals surface area contributed by atoms with Gasteiger partial charge in [-0.1, -0.05) is 83.4 Å². The average molecular weight is 331 g/mol. The van der Waals surface area contributed by atoms with E-state index in [-0.39, 0.29) is 5.97 Å². The molecule has 0 atom stereocenters. The van der Waals surface area contributed by atoms with Gasteiger partial charge in [0.2, 0.25) is 0 Å². The van der Waals surface area contributed by atoms with Crippen molar-refractivity contribution >= 4 is 5.97 Å². The third-order valence-electron chi connectivity index (χ3n) is 4.28. The third-order valence-corrected chi connectivity index (χ3v) is 4.28. The Morgan fingerprint density at radius 1 is 0.958 bits per heavy atom. The summed E-state index contributed by atoms with van der Waals surface area (Å²) < 4.78 is 5.28. The van der Waals surface area contributed by atoms with Crippen LogP contribution in [-0.4, -0.2) is 5.97 Å². The number of unbranched alkanes of at least 4 members (excludes halogenated alkanes) is 9. The molecule has 0 spiro atoms. The topological polar surface area (TPSA) is 26.3 Å². The first-order valence-corrected chi connectivity index (χ1v) is 9.60. The molecule has 0 saturated carbocycles. The van der Waals surface area contributed by atoms with E-state index in [1.165, 1.54) is 69.8 Å². The van der Waals surface area contributed by atoms with Gasteiger partial charge in [0.15, 0.2) is 0 Å². The molecule has 2 heteroatoms. The van der Waals surface area contributed by atoms with Crippen molar-refractivity contribution in [3.63, 3.8) is 0 Å². The van der Waals surface area contributed by atoms with Crippen LogP contribution < -0.4 is 4.74 Å². The molecule has 0 radical (unpaired) electrons. The van der Waals surface area contributed by atoms with Crippen molar-refractivity contribution in [2.75, 3.05) is 0 Å². The molecule has 0 aliphatic rings. The number of rotatable bonds is 13. The molecule has 0 N–H and O–H groups in total. The highest BCUT2D eigenvalue weighted by atomic mass is 16.5. The highest BCUT2D eigenvalue weighted by Gasteiger charge is 2.05. The molecule has 0 aliphatic heterocycles. The summed E-state index contributed by atoms with van der Waals surface area (Å²) in [7, 11) is 0. The van der Waals surface area contributed by atoms with E-state index in [2.05, 4.69) is 19.6 Å². The van der Waals surface area contributed by atoms with Crippen molar-refractivity contribution in [3.8, 4) is 5.75 Å². The highest BCUT2D eigenvalue weighted by molar-refractivity contribution is 5.88. The van der Waals surface area contributed by atoms with Crippen LogP contribution in [0.2, 0.25) is 0 Å². The second-order valence-corrected chi connectivity index (χ2v) is 6.75. The van der Waals surface area contributed by atoms with Gasteiger partial charge in [-0.25, -0.2) is 4.79 Å². The molecule has 0 heterocycles. The van der Waals surface area contributed by atoms with E-state index in [4.69, 9.17) is 4.74 Å². The van der Waals surface area contributed by atoms with Gasteiger partial charge in [-0.3, -0.25) is 0 Å². The maximum absolute atomic E-state index is 11.5. The SMILES string of the molecule is C=C(C)C(=O)Oc1cccc(CCCCCCCCCCCC)c1. The molecule has 2 nitrogen and oxygen atoms in total. The van der Waals surface area contributed by atoms with Crippen molar-refractivity contribution in [1.29, 1.82) is 0 Å². The van der Waals surface area contributed by atoms with Gasteiger partial charge in [-0.2, -0.15) is 0 Å². The number of benzene rings is 1. The van der Waals surface area contributed by atoms with Crippen LogP contribution in [0.5, 0.6) is 5.75 Å². The summed E-state index contributed by atoms with van der Waals surface area (Å²) in [6.07, 6.45) is 14.5. The fourth-order valence-electron chi connectivity index (χ4n) is 2.78. The van der Waals surface area contributed by atoms with E-state index in [9.17, 15) is 4.79 Å². The molecule has 0 aromatic heterocycles. The summed E-state index contributed by atoms with van der Waals surface area (Å²) in [6.45, 7) is 7.53. The Kier molecular flexibility index (Phi) is 10.9. The number of hydrogen-bond acceptors (Lipinski definition) is 2. The quantitative estimate of drug-likeness (QED) is 0.175. The van der Waals surface area contributed by atoms with Crippen molar-refractivity contribution < 1.29 is 9.53 Å². The molecular formula is C22H34O2. The van der Waals surface area contributed by atoms with Gasteiger partial charge in [-0.15, -0.1) is 0 Å². The van der Waals surface area contributed by atoms with Crippen LogP contribution in [0.1, 0.15) is 83.6 Å². The Morgan fingerprint density at radius 3 is 2.12 bits per heavy atom. The fourth-order valence-corrected chi connectivity index (χ4v) is 2.78. The van der Waals surface area contributed by atoms with E-state index in [0.29, 0.717) is 11.3 Å². The predicted molar refractivity (Wildman–Crippen MR) is 102 cm³/mol. The summed E-state index contributed by atoms with van der Waals surface area (Å²) in [5.41, 5.74) is 1.66. The second kappa shape index (κ2) is 12.8. The molecule has 0 unspecified atom stereocenters. The van der Waals surface area contributed by atoms with Crippen LogP contribution in [0.25, 0.3) is 0 Å². The predicted octanol–water partition coefficient (Wildman–Crippen LogP) is 6.63. The normalized spacial score (nSPS) is 10.6. The lowest BCUT2D eigenvalue weighted by Crippen LogP contribution is -2.08. The highest BCUT2D eigenvalue weighted by Crippen LogP contribution is 2.17. The van der Waals surface area contributed by atoms with Crippen LogP contribution in [0.4, 0.5) is 0 Å². The smallest absolute Gasteiger partial charge is 0.338 e. The first-order chi connectivity index (χ1) is 11.6. The van der Waals surface area contributed by atoms with E-state index >= 15 is 0 Å². The molecule has 0 saturated heterocycles. The molecule has 0 fully saturated rings. The van der Waals surface area contributed by atoms with Gasteiger partial charge in [-0.05, 0) is 37.5 Å². The van der Waals surface area contributed by atoms with E-state index in [1.54, 1.807) is 6.92 Å². The zero-order valence-corrected chi connectivity index (χ0v) is 15.6. The molecule has 0 aliphatic carbocycles. The van der Waals surface area contributed by atoms with Gasteiger partial charge in [0.1, 0.15) is 5.75 Å². The van der Waals surface area contributed by atoms with Gasteiger partial charge >= 0.3 is 5.97 Å². The average Bonchev–Trinajstić information content (AvgIpc) is 2.57. The second-order valence-electron chi connectivity index (χ2n) is 6.75. The summed E-state index contributed by atoms with van der Waals surface area (Å²) in [5.74, 6) is 0.263. The monoisotopic (exact) mass is 330 g/mol. The van der Waals surface area contributed by atoms with Crippen molar-refractivity contribution in [3.05, 3.63) is 42.0 Å². The fraction of sp³-hybridized carbons (Fsp3) is 0.591. The summed E-state index contributed by atoms with van der Waals surface area (Å²) in [6, 6.07) is 7.84. The van der Waals surface area contributed by atoms with E-state index in [0.717, 1.165) is 6.42 Å². The standard InChI is InChI=1S/C22H34O2/c1-4-5-6-7-8-9-10-11-12-13-15-20-16-14-17-21(18-20)24-22(23)19(2)3/h14,16-18H,2,4-13,15H2,1,3H3. The number of aryl methyl sites for hydroxylation is 1. The Bertz CT molecular complexity index is 490. The zero-order chi connectivity index (χ0) is 17.6. The Hall–Kier alpha value is -1.57.